The first-order valence-electron chi connectivity index (χ1n) is 10.3. The molecule has 0 saturated heterocycles. The third-order valence-corrected chi connectivity index (χ3v) is 6.16. The normalized spacial score (nSPS) is 16.5. The van der Waals surface area contributed by atoms with E-state index in [-0.39, 0.29) is 29.2 Å². The molecule has 2 amide bonds. The standard InChI is InChI=1S/C19H30FN7O3S/c1-11(2)15-16(17(12(3)4)27(24-15)10-13(5)20)23-19(28)25-31(21,29)14-9-22-26-7-6-8-30-18(14)26/h9,11-13H,6-8,10H2,1-5H3,(H3,21,23,25,28,29). The first kappa shape index (κ1) is 23.2. The summed E-state index contributed by atoms with van der Waals surface area (Å²) in [5, 5.41) is 17.2. The van der Waals surface area contributed by atoms with E-state index in [1.165, 1.54) is 13.1 Å². The lowest BCUT2D eigenvalue weighted by Gasteiger charge is -2.16. The van der Waals surface area contributed by atoms with Gasteiger partial charge in [-0.25, -0.2) is 23.2 Å². The lowest BCUT2D eigenvalue weighted by atomic mass is 10.0. The van der Waals surface area contributed by atoms with Crippen LogP contribution in [0.5, 0.6) is 5.88 Å². The maximum absolute atomic E-state index is 13.7. The van der Waals surface area contributed by atoms with E-state index in [4.69, 9.17) is 9.88 Å². The van der Waals surface area contributed by atoms with Crippen molar-refractivity contribution in [3.05, 3.63) is 17.6 Å². The Morgan fingerprint density at radius 2 is 2.06 bits per heavy atom. The van der Waals surface area contributed by atoms with Crippen molar-refractivity contribution in [1.82, 2.24) is 19.6 Å². The van der Waals surface area contributed by atoms with Gasteiger partial charge in [-0.3, -0.25) is 4.68 Å². The van der Waals surface area contributed by atoms with Gasteiger partial charge in [-0.15, -0.1) is 4.36 Å². The van der Waals surface area contributed by atoms with Crippen LogP contribution in [-0.2, 0) is 23.0 Å². The van der Waals surface area contributed by atoms with Crippen molar-refractivity contribution in [3.63, 3.8) is 0 Å². The second-order valence-corrected chi connectivity index (χ2v) is 10.0. The van der Waals surface area contributed by atoms with Gasteiger partial charge in [0.2, 0.25) is 5.88 Å². The fraction of sp³-hybridized carbons (Fsp3) is 0.632. The molecule has 0 saturated carbocycles. The molecule has 10 nitrogen and oxygen atoms in total. The van der Waals surface area contributed by atoms with E-state index < -0.39 is 22.1 Å². The molecule has 0 radical (unpaired) electrons. The van der Waals surface area contributed by atoms with Gasteiger partial charge in [0.15, 0.2) is 9.92 Å². The third kappa shape index (κ3) is 4.90. The minimum atomic E-state index is -3.59. The summed E-state index contributed by atoms with van der Waals surface area (Å²) < 4.78 is 39.1. The summed E-state index contributed by atoms with van der Waals surface area (Å²) in [5.74, 6) is 0.181. The molecule has 3 heterocycles. The SMILES string of the molecule is CC(F)Cn1nc(C(C)C)c(NC(=O)N=S(N)(=O)c2cnn3c2OCCC3)c1C(C)C. The van der Waals surface area contributed by atoms with Gasteiger partial charge >= 0.3 is 6.03 Å². The van der Waals surface area contributed by atoms with Crippen LogP contribution in [0.25, 0.3) is 0 Å². The van der Waals surface area contributed by atoms with Crippen LogP contribution in [0.2, 0.25) is 0 Å². The topological polar surface area (TPSA) is 129 Å². The maximum Gasteiger partial charge on any atom is 0.354 e. The number of ether oxygens (including phenoxy) is 1. The van der Waals surface area contributed by atoms with Crippen molar-refractivity contribution in [1.29, 1.82) is 0 Å². The number of fused-ring (bicyclic) bond motifs is 1. The van der Waals surface area contributed by atoms with E-state index in [0.717, 1.165) is 6.42 Å². The van der Waals surface area contributed by atoms with Gasteiger partial charge in [0, 0.05) is 13.0 Å². The number of nitrogens with two attached hydrogens (primary N) is 1. The zero-order valence-electron chi connectivity index (χ0n) is 18.5. The number of carbonyl (C=O) groups excluding carboxylic acids is 1. The van der Waals surface area contributed by atoms with Crippen LogP contribution >= 0.6 is 0 Å². The summed E-state index contributed by atoms with van der Waals surface area (Å²) in [7, 11) is -3.59. The fourth-order valence-electron chi connectivity index (χ4n) is 3.54. The van der Waals surface area contributed by atoms with Crippen LogP contribution in [0.1, 0.15) is 64.3 Å². The average molecular weight is 456 g/mol. The molecule has 0 fully saturated rings. The zero-order chi connectivity index (χ0) is 22.9. The lowest BCUT2D eigenvalue weighted by molar-refractivity contribution is 0.224. The Bertz CT molecular complexity index is 1080. The highest BCUT2D eigenvalue weighted by molar-refractivity contribution is 7.91. The largest absolute Gasteiger partial charge is 0.477 e. The number of amides is 2. The van der Waals surface area contributed by atoms with Crippen molar-refractivity contribution in [2.45, 2.75) is 77.0 Å². The van der Waals surface area contributed by atoms with E-state index in [1.807, 2.05) is 27.7 Å². The van der Waals surface area contributed by atoms with Crippen molar-refractivity contribution >= 4 is 21.6 Å². The van der Waals surface area contributed by atoms with Crippen LogP contribution in [0.15, 0.2) is 15.5 Å². The number of carbonyl (C=O) groups is 1. The molecule has 3 N–H and O–H groups in total. The molecule has 2 aromatic rings. The molecular formula is C19H30FN7O3S. The Kier molecular flexibility index (Phi) is 6.70. The number of aryl methyl sites for hydroxylation is 1. The van der Waals surface area contributed by atoms with Crippen LogP contribution in [0, 0.1) is 0 Å². The minimum Gasteiger partial charge on any atom is -0.477 e. The Hall–Kier alpha value is -2.47. The second-order valence-electron chi connectivity index (χ2n) is 8.25. The van der Waals surface area contributed by atoms with Crippen molar-refractivity contribution in [3.8, 4) is 5.88 Å². The second kappa shape index (κ2) is 8.95. The molecule has 0 bridgehead atoms. The smallest absolute Gasteiger partial charge is 0.354 e. The van der Waals surface area contributed by atoms with E-state index >= 15 is 0 Å². The number of nitrogens with one attached hydrogen (secondary N) is 1. The summed E-state index contributed by atoms with van der Waals surface area (Å²) in [5.41, 5.74) is 1.72. The van der Waals surface area contributed by atoms with E-state index in [2.05, 4.69) is 19.9 Å². The van der Waals surface area contributed by atoms with Crippen LogP contribution < -0.4 is 15.2 Å². The molecule has 0 aliphatic carbocycles. The van der Waals surface area contributed by atoms with E-state index in [9.17, 15) is 13.4 Å². The highest BCUT2D eigenvalue weighted by atomic mass is 32.2. The molecule has 31 heavy (non-hydrogen) atoms. The molecule has 172 valence electrons. The number of nitrogens with zero attached hydrogens (tertiary/aromatic N) is 5. The van der Waals surface area contributed by atoms with Crippen LogP contribution in [0.3, 0.4) is 0 Å². The molecule has 12 heteroatoms. The highest BCUT2D eigenvalue weighted by Crippen LogP contribution is 2.33. The Labute approximate surface area is 181 Å². The molecule has 1 aliphatic rings. The zero-order valence-corrected chi connectivity index (χ0v) is 19.3. The summed E-state index contributed by atoms with van der Waals surface area (Å²) in [6.07, 6.45) is 0.982. The molecule has 3 rings (SSSR count). The number of urea groups is 1. The first-order chi connectivity index (χ1) is 14.5. The maximum atomic E-state index is 13.7. The van der Waals surface area contributed by atoms with Gasteiger partial charge in [0.1, 0.15) is 11.1 Å². The quantitative estimate of drug-likeness (QED) is 0.689. The molecule has 0 aromatic carbocycles. The first-order valence-corrected chi connectivity index (χ1v) is 11.9. The summed E-state index contributed by atoms with van der Waals surface area (Å²) >= 11 is 0. The number of anilines is 1. The highest BCUT2D eigenvalue weighted by Gasteiger charge is 2.27. The minimum absolute atomic E-state index is 0.0395. The Morgan fingerprint density at radius 3 is 2.68 bits per heavy atom. The fourth-order valence-corrected chi connectivity index (χ4v) is 4.54. The average Bonchev–Trinajstić information content (AvgIpc) is 3.22. The molecule has 2 aromatic heterocycles. The predicted molar refractivity (Wildman–Crippen MR) is 115 cm³/mol. The summed E-state index contributed by atoms with van der Waals surface area (Å²) in [4.78, 5) is 12.8. The van der Waals surface area contributed by atoms with Gasteiger partial charge in [-0.2, -0.15) is 10.2 Å². The Morgan fingerprint density at radius 1 is 1.35 bits per heavy atom. The number of aromatic nitrogens is 4. The van der Waals surface area contributed by atoms with Gasteiger partial charge in [-0.05, 0) is 18.8 Å². The van der Waals surface area contributed by atoms with E-state index in [1.54, 1.807) is 9.36 Å². The van der Waals surface area contributed by atoms with Gasteiger partial charge in [-0.1, -0.05) is 27.7 Å². The van der Waals surface area contributed by atoms with Crippen molar-refractivity contribution < 1.29 is 18.1 Å². The number of hydrogen-bond donors (Lipinski definition) is 2. The Balaban J connectivity index is 1.98. The molecule has 1 aliphatic heterocycles. The number of rotatable bonds is 6. The predicted octanol–water partition coefficient (Wildman–Crippen LogP) is 3.40. The third-order valence-electron chi connectivity index (χ3n) is 4.82. The molecule has 0 spiro atoms. The summed E-state index contributed by atoms with van der Waals surface area (Å²) in [6.45, 7) is 10.3. The monoisotopic (exact) mass is 455 g/mol. The van der Waals surface area contributed by atoms with Crippen molar-refractivity contribution in [2.24, 2.45) is 9.50 Å². The number of halogens is 1. The summed E-state index contributed by atoms with van der Waals surface area (Å²) in [6, 6.07) is -0.875. The van der Waals surface area contributed by atoms with Crippen LogP contribution in [-0.4, -0.2) is 42.6 Å². The van der Waals surface area contributed by atoms with Gasteiger partial charge in [0.25, 0.3) is 0 Å². The van der Waals surface area contributed by atoms with Crippen molar-refractivity contribution in [2.75, 3.05) is 11.9 Å². The number of hydrogen-bond acceptors (Lipinski definition) is 5. The van der Waals surface area contributed by atoms with Crippen LogP contribution in [0.4, 0.5) is 14.9 Å². The molecular weight excluding hydrogens is 425 g/mol. The molecule has 2 unspecified atom stereocenters. The lowest BCUT2D eigenvalue weighted by Crippen LogP contribution is -2.21. The molecule has 2 atom stereocenters. The van der Waals surface area contributed by atoms with Gasteiger partial charge in [0.05, 0.1) is 36.4 Å². The number of alkyl halides is 1. The van der Waals surface area contributed by atoms with E-state index in [0.29, 0.717) is 30.2 Å². The van der Waals surface area contributed by atoms with Gasteiger partial charge < -0.3 is 10.1 Å².